The van der Waals surface area contributed by atoms with Gasteiger partial charge in [0.25, 0.3) is 0 Å². The lowest BCUT2D eigenvalue weighted by Crippen LogP contribution is -2.37. The van der Waals surface area contributed by atoms with Crippen LogP contribution < -0.4 is 10.2 Å². The lowest BCUT2D eigenvalue weighted by molar-refractivity contribution is -0.137. The SMILES string of the molecule is CC(C)C(=O)Nc1nccc(C(=O)C[C@@H]2CCCN(c3ncc(C(F)(F)F)cc3Cl)C2)n1. The van der Waals surface area contributed by atoms with Crippen molar-refractivity contribution in [1.29, 1.82) is 0 Å². The van der Waals surface area contributed by atoms with Crippen LogP contribution in [0.4, 0.5) is 24.9 Å². The first-order valence-corrected chi connectivity index (χ1v) is 10.6. The highest BCUT2D eigenvalue weighted by Crippen LogP contribution is 2.35. The highest BCUT2D eigenvalue weighted by molar-refractivity contribution is 6.33. The molecule has 0 spiro atoms. The zero-order chi connectivity index (χ0) is 23.5. The van der Waals surface area contributed by atoms with Crippen molar-refractivity contribution in [3.05, 3.63) is 40.8 Å². The predicted molar refractivity (Wildman–Crippen MR) is 114 cm³/mol. The zero-order valence-electron chi connectivity index (χ0n) is 17.6. The normalized spacial score (nSPS) is 16.8. The van der Waals surface area contributed by atoms with Crippen LogP contribution in [0.1, 0.15) is 49.2 Å². The molecule has 0 aromatic carbocycles. The van der Waals surface area contributed by atoms with Gasteiger partial charge in [-0.05, 0) is 30.9 Å². The summed E-state index contributed by atoms with van der Waals surface area (Å²) >= 11 is 6.08. The van der Waals surface area contributed by atoms with Crippen molar-refractivity contribution in [1.82, 2.24) is 15.0 Å². The van der Waals surface area contributed by atoms with E-state index in [-0.39, 0.29) is 52.4 Å². The molecule has 11 heteroatoms. The third-order valence-corrected chi connectivity index (χ3v) is 5.42. The number of piperidine rings is 1. The largest absolute Gasteiger partial charge is 0.417 e. The second-order valence-corrected chi connectivity index (χ2v) is 8.43. The molecule has 1 atom stereocenters. The molecule has 1 aliphatic heterocycles. The Bertz CT molecular complexity index is 1000. The van der Waals surface area contributed by atoms with Crippen LogP contribution in [0.5, 0.6) is 0 Å². The number of anilines is 2. The molecular weight excluding hydrogens is 447 g/mol. The summed E-state index contributed by atoms with van der Waals surface area (Å²) in [5.41, 5.74) is -0.707. The van der Waals surface area contributed by atoms with Gasteiger partial charge in [-0.1, -0.05) is 25.4 Å². The molecule has 7 nitrogen and oxygen atoms in total. The second-order valence-electron chi connectivity index (χ2n) is 8.02. The fourth-order valence-electron chi connectivity index (χ4n) is 3.44. The molecule has 1 saturated heterocycles. The molecule has 1 aliphatic rings. The molecular formula is C21H23ClF3N5O2. The molecule has 2 aromatic rings. The number of amides is 1. The van der Waals surface area contributed by atoms with E-state index in [0.29, 0.717) is 13.1 Å². The van der Waals surface area contributed by atoms with Gasteiger partial charge in [-0.25, -0.2) is 15.0 Å². The lowest BCUT2D eigenvalue weighted by atomic mass is 9.92. The summed E-state index contributed by atoms with van der Waals surface area (Å²) in [6.07, 6.45) is -0.613. The van der Waals surface area contributed by atoms with Gasteiger partial charge in [0, 0.05) is 37.8 Å². The van der Waals surface area contributed by atoms with Gasteiger partial charge in [-0.3, -0.25) is 14.9 Å². The number of aromatic nitrogens is 3. The Kier molecular flexibility index (Phi) is 7.33. The minimum Gasteiger partial charge on any atom is -0.355 e. The fourth-order valence-corrected chi connectivity index (χ4v) is 3.72. The molecule has 1 N–H and O–H groups in total. The molecule has 0 aliphatic carbocycles. The van der Waals surface area contributed by atoms with Crippen molar-refractivity contribution >= 4 is 35.1 Å². The average Bonchev–Trinajstić information content (AvgIpc) is 2.73. The van der Waals surface area contributed by atoms with E-state index in [2.05, 4.69) is 20.3 Å². The first-order valence-electron chi connectivity index (χ1n) is 10.2. The summed E-state index contributed by atoms with van der Waals surface area (Å²) in [5, 5.41) is 2.49. The average molecular weight is 470 g/mol. The van der Waals surface area contributed by atoms with Gasteiger partial charge in [0.05, 0.1) is 10.6 Å². The number of nitrogens with zero attached hydrogens (tertiary/aromatic N) is 4. The Labute approximate surface area is 188 Å². The molecule has 1 amide bonds. The van der Waals surface area contributed by atoms with Gasteiger partial charge < -0.3 is 4.90 Å². The smallest absolute Gasteiger partial charge is 0.355 e. The molecule has 0 radical (unpaired) electrons. The third-order valence-electron chi connectivity index (χ3n) is 5.14. The number of Topliss-reactive ketones (excluding diaryl/α,β-unsaturated/α-hetero) is 1. The molecule has 0 saturated carbocycles. The van der Waals surface area contributed by atoms with Gasteiger partial charge in [0.1, 0.15) is 11.5 Å². The number of hydrogen-bond donors (Lipinski definition) is 1. The molecule has 172 valence electrons. The van der Waals surface area contributed by atoms with Crippen LogP contribution in [0.2, 0.25) is 5.02 Å². The summed E-state index contributed by atoms with van der Waals surface area (Å²) < 4.78 is 38.6. The van der Waals surface area contributed by atoms with Crippen LogP contribution in [0.3, 0.4) is 0 Å². The van der Waals surface area contributed by atoms with Gasteiger partial charge >= 0.3 is 6.18 Å². The van der Waals surface area contributed by atoms with E-state index in [1.165, 1.54) is 12.3 Å². The number of alkyl halides is 3. The lowest BCUT2D eigenvalue weighted by Gasteiger charge is -2.34. The zero-order valence-corrected chi connectivity index (χ0v) is 18.4. The van der Waals surface area contributed by atoms with Crippen LogP contribution in [-0.2, 0) is 11.0 Å². The van der Waals surface area contributed by atoms with Crippen molar-refractivity contribution in [3.8, 4) is 0 Å². The van der Waals surface area contributed by atoms with Crippen LogP contribution in [0.25, 0.3) is 0 Å². The van der Waals surface area contributed by atoms with E-state index in [9.17, 15) is 22.8 Å². The van der Waals surface area contributed by atoms with Crippen molar-refractivity contribution in [2.24, 2.45) is 11.8 Å². The number of halogens is 4. The second kappa shape index (κ2) is 9.81. The minimum atomic E-state index is -4.52. The van der Waals surface area contributed by atoms with E-state index in [4.69, 9.17) is 11.6 Å². The van der Waals surface area contributed by atoms with Crippen LogP contribution in [-0.4, -0.2) is 39.7 Å². The van der Waals surface area contributed by atoms with E-state index in [0.717, 1.165) is 25.1 Å². The van der Waals surface area contributed by atoms with E-state index in [1.54, 1.807) is 18.7 Å². The third kappa shape index (κ3) is 5.93. The summed E-state index contributed by atoms with van der Waals surface area (Å²) in [4.78, 5) is 38.4. The highest BCUT2D eigenvalue weighted by atomic mass is 35.5. The Balaban J connectivity index is 1.66. The van der Waals surface area contributed by atoms with E-state index >= 15 is 0 Å². The quantitative estimate of drug-likeness (QED) is 0.621. The topological polar surface area (TPSA) is 88.1 Å². The first-order chi connectivity index (χ1) is 15.0. The fraction of sp³-hybridized carbons (Fsp3) is 0.476. The number of carbonyl (C=O) groups is 2. The Morgan fingerprint density at radius 3 is 2.72 bits per heavy atom. The molecule has 0 unspecified atom stereocenters. The van der Waals surface area contributed by atoms with Gasteiger partial charge in [-0.2, -0.15) is 13.2 Å². The highest BCUT2D eigenvalue weighted by Gasteiger charge is 2.33. The molecule has 0 bridgehead atoms. The standard InChI is InChI=1S/C21H23ClF3N5O2/c1-12(2)19(32)29-20-26-6-5-16(28-20)17(31)8-13-4-3-7-30(11-13)18-15(22)9-14(10-27-18)21(23,24)25/h5-6,9-10,12-13H,3-4,7-8,11H2,1-2H3,(H,26,28,29,32)/t13-/m0/s1. The minimum absolute atomic E-state index is 0.0416. The van der Waals surface area contributed by atoms with Crippen molar-refractivity contribution in [3.63, 3.8) is 0 Å². The summed E-state index contributed by atoms with van der Waals surface area (Å²) in [6.45, 7) is 4.49. The van der Waals surface area contributed by atoms with Crippen LogP contribution >= 0.6 is 11.6 Å². The van der Waals surface area contributed by atoms with Crippen molar-refractivity contribution in [2.75, 3.05) is 23.3 Å². The first kappa shape index (κ1) is 23.9. The van der Waals surface area contributed by atoms with Crippen LogP contribution in [0.15, 0.2) is 24.5 Å². The maximum Gasteiger partial charge on any atom is 0.417 e. The molecule has 3 rings (SSSR count). The monoisotopic (exact) mass is 469 g/mol. The Hall–Kier alpha value is -2.75. The van der Waals surface area contributed by atoms with E-state index < -0.39 is 11.7 Å². The molecule has 2 aromatic heterocycles. The van der Waals surface area contributed by atoms with Gasteiger partial charge in [-0.15, -0.1) is 0 Å². The number of nitrogens with one attached hydrogen (secondary N) is 1. The number of pyridine rings is 1. The number of hydrogen-bond acceptors (Lipinski definition) is 6. The maximum atomic E-state index is 12.9. The Morgan fingerprint density at radius 1 is 1.31 bits per heavy atom. The van der Waals surface area contributed by atoms with Gasteiger partial charge in [0.15, 0.2) is 5.78 Å². The van der Waals surface area contributed by atoms with E-state index in [1.807, 2.05) is 0 Å². The predicted octanol–water partition coefficient (Wildman–Crippen LogP) is 4.63. The molecule has 3 heterocycles. The summed E-state index contributed by atoms with van der Waals surface area (Å²) in [7, 11) is 0. The maximum absolute atomic E-state index is 12.9. The van der Waals surface area contributed by atoms with Crippen LogP contribution in [0, 0.1) is 11.8 Å². The van der Waals surface area contributed by atoms with Gasteiger partial charge in [0.2, 0.25) is 11.9 Å². The molecule has 32 heavy (non-hydrogen) atoms. The van der Waals surface area contributed by atoms with Crippen molar-refractivity contribution < 1.29 is 22.8 Å². The number of rotatable bonds is 6. The molecule has 1 fully saturated rings. The Morgan fingerprint density at radius 2 is 2.06 bits per heavy atom. The summed E-state index contributed by atoms with van der Waals surface area (Å²) in [6, 6.07) is 2.36. The number of ketones is 1. The summed E-state index contributed by atoms with van der Waals surface area (Å²) in [5.74, 6) is -0.404. The number of carbonyl (C=O) groups excluding carboxylic acids is 2. The van der Waals surface area contributed by atoms with Crippen molar-refractivity contribution in [2.45, 2.75) is 39.3 Å².